The van der Waals surface area contributed by atoms with Crippen LogP contribution in [0.1, 0.15) is 40.8 Å². The molecule has 1 aliphatic heterocycles. The summed E-state index contributed by atoms with van der Waals surface area (Å²) in [6.45, 7) is 5.29. The summed E-state index contributed by atoms with van der Waals surface area (Å²) in [6, 6.07) is 4.99. The molecule has 3 heterocycles. The normalized spacial score (nSPS) is 14.3. The Labute approximate surface area is 195 Å². The van der Waals surface area contributed by atoms with Crippen molar-refractivity contribution in [1.82, 2.24) is 15.0 Å². The van der Waals surface area contributed by atoms with E-state index < -0.39 is 0 Å². The van der Waals surface area contributed by atoms with Crippen molar-refractivity contribution in [3.8, 4) is 11.3 Å². The van der Waals surface area contributed by atoms with Crippen LogP contribution in [0.5, 0.6) is 0 Å². The number of benzene rings is 1. The number of ether oxygens (including phenoxy) is 1. The number of thiazole rings is 1. The average molecular weight is 469 g/mol. The maximum absolute atomic E-state index is 13.8. The number of piperidine rings is 1. The first kappa shape index (κ1) is 23.0. The zero-order valence-electron chi connectivity index (χ0n) is 18.6. The molecule has 1 saturated heterocycles. The second-order valence-electron chi connectivity index (χ2n) is 7.96. The van der Waals surface area contributed by atoms with E-state index in [2.05, 4.69) is 19.9 Å². The van der Waals surface area contributed by atoms with Crippen LogP contribution >= 0.6 is 11.3 Å². The summed E-state index contributed by atoms with van der Waals surface area (Å²) in [5.41, 5.74) is 2.19. The molecule has 9 heteroatoms. The van der Waals surface area contributed by atoms with Gasteiger partial charge >= 0.3 is 5.97 Å². The van der Waals surface area contributed by atoms with Crippen molar-refractivity contribution in [3.63, 3.8) is 0 Å². The number of hydrogen-bond donors (Lipinski definition) is 0. The molecule has 0 spiro atoms. The topological polar surface area (TPSA) is 85.3 Å². The Balaban J connectivity index is 1.35. The van der Waals surface area contributed by atoms with E-state index in [4.69, 9.17) is 4.74 Å². The van der Waals surface area contributed by atoms with Crippen LogP contribution in [0.2, 0.25) is 0 Å². The van der Waals surface area contributed by atoms with Crippen molar-refractivity contribution in [1.29, 1.82) is 0 Å². The number of carbonyl (C=O) groups is 2. The number of carbonyl (C=O) groups excluding carboxylic acids is 2. The molecule has 172 valence electrons. The first-order chi connectivity index (χ1) is 15.9. The molecule has 1 aliphatic rings. The van der Waals surface area contributed by atoms with Crippen LogP contribution in [-0.4, -0.2) is 46.4 Å². The third kappa shape index (κ3) is 5.42. The number of Topliss-reactive ketones (excluding diaryl/α,β-unsaturated/α-hetero) is 1. The van der Waals surface area contributed by atoms with Gasteiger partial charge in [-0.15, -0.1) is 11.3 Å². The minimum Gasteiger partial charge on any atom is -0.466 e. The summed E-state index contributed by atoms with van der Waals surface area (Å²) in [6.07, 6.45) is 4.61. The molecule has 0 N–H and O–H groups in total. The summed E-state index contributed by atoms with van der Waals surface area (Å²) in [7, 11) is 0. The number of rotatable bonds is 7. The van der Waals surface area contributed by atoms with Gasteiger partial charge in [0.05, 0.1) is 37.0 Å². The van der Waals surface area contributed by atoms with Crippen LogP contribution in [0.25, 0.3) is 11.3 Å². The van der Waals surface area contributed by atoms with Gasteiger partial charge in [-0.1, -0.05) is 12.1 Å². The fourth-order valence-electron chi connectivity index (χ4n) is 3.74. The molecular weight excluding hydrogens is 443 g/mol. The van der Waals surface area contributed by atoms with Gasteiger partial charge in [0.2, 0.25) is 0 Å². The fourth-order valence-corrected chi connectivity index (χ4v) is 4.54. The predicted octanol–water partition coefficient (Wildman–Crippen LogP) is 4.25. The van der Waals surface area contributed by atoms with Crippen LogP contribution in [0.4, 0.5) is 10.2 Å². The van der Waals surface area contributed by atoms with E-state index >= 15 is 0 Å². The summed E-state index contributed by atoms with van der Waals surface area (Å²) >= 11 is 1.36. The smallest absolute Gasteiger partial charge is 0.309 e. The summed E-state index contributed by atoms with van der Waals surface area (Å²) < 4.78 is 18.9. The van der Waals surface area contributed by atoms with E-state index in [1.807, 2.05) is 18.4 Å². The Bertz CT molecular complexity index is 1140. The highest BCUT2D eigenvalue weighted by Crippen LogP contribution is 2.25. The molecule has 0 atom stereocenters. The van der Waals surface area contributed by atoms with E-state index in [9.17, 15) is 14.0 Å². The number of anilines is 1. The maximum atomic E-state index is 13.8. The number of aromatic nitrogens is 3. The van der Waals surface area contributed by atoms with Crippen molar-refractivity contribution >= 4 is 28.9 Å². The Morgan fingerprint density at radius 3 is 2.67 bits per heavy atom. The van der Waals surface area contributed by atoms with Gasteiger partial charge in [0.15, 0.2) is 5.78 Å². The molecule has 0 radical (unpaired) electrons. The molecule has 0 saturated carbocycles. The van der Waals surface area contributed by atoms with Gasteiger partial charge < -0.3 is 9.64 Å². The fraction of sp³-hybridized carbons (Fsp3) is 0.375. The Hall–Kier alpha value is -3.20. The zero-order chi connectivity index (χ0) is 23.4. The van der Waals surface area contributed by atoms with Crippen LogP contribution < -0.4 is 4.90 Å². The van der Waals surface area contributed by atoms with Gasteiger partial charge in [0, 0.05) is 24.0 Å². The van der Waals surface area contributed by atoms with E-state index in [1.165, 1.54) is 23.6 Å². The van der Waals surface area contributed by atoms with Crippen LogP contribution in [0.15, 0.2) is 36.0 Å². The Morgan fingerprint density at radius 2 is 2.00 bits per heavy atom. The lowest BCUT2D eigenvalue weighted by molar-refractivity contribution is -0.148. The molecule has 7 nitrogen and oxygen atoms in total. The highest BCUT2D eigenvalue weighted by Gasteiger charge is 2.26. The van der Waals surface area contributed by atoms with E-state index in [0.717, 1.165) is 0 Å². The summed E-state index contributed by atoms with van der Waals surface area (Å²) in [5.74, 6) is 0.0214. The van der Waals surface area contributed by atoms with Gasteiger partial charge in [0.25, 0.3) is 0 Å². The average Bonchev–Trinajstić information content (AvgIpc) is 3.29. The molecule has 4 rings (SSSR count). The minimum absolute atomic E-state index is 0.0744. The lowest BCUT2D eigenvalue weighted by Crippen LogP contribution is -2.37. The number of nitrogens with zero attached hydrogens (tertiary/aromatic N) is 4. The SMILES string of the molecule is CCOC(=O)C1CCN(c2cnc(C(=O)Cc3nc(-c4ccc(C)c(F)c4)cs3)cn2)CC1. The lowest BCUT2D eigenvalue weighted by atomic mass is 9.97. The van der Waals surface area contributed by atoms with Gasteiger partial charge in [-0.25, -0.2) is 19.3 Å². The van der Waals surface area contributed by atoms with Crippen molar-refractivity contribution in [2.24, 2.45) is 5.92 Å². The first-order valence-electron chi connectivity index (χ1n) is 10.9. The number of esters is 1. The third-order valence-corrected chi connectivity index (χ3v) is 6.54. The second-order valence-corrected chi connectivity index (χ2v) is 8.91. The van der Waals surface area contributed by atoms with Crippen LogP contribution in [0, 0.1) is 18.7 Å². The zero-order valence-corrected chi connectivity index (χ0v) is 19.4. The molecule has 0 unspecified atom stereocenters. The highest BCUT2D eigenvalue weighted by molar-refractivity contribution is 7.10. The number of halogens is 1. The number of hydrogen-bond acceptors (Lipinski definition) is 8. The summed E-state index contributed by atoms with van der Waals surface area (Å²) in [4.78, 5) is 39.8. The molecule has 0 bridgehead atoms. The predicted molar refractivity (Wildman–Crippen MR) is 124 cm³/mol. The second kappa shape index (κ2) is 10.2. The van der Waals surface area contributed by atoms with Crippen LogP contribution in [0.3, 0.4) is 0 Å². The van der Waals surface area contributed by atoms with Gasteiger partial charge in [-0.05, 0) is 38.3 Å². The third-order valence-electron chi connectivity index (χ3n) is 5.69. The molecule has 2 aromatic heterocycles. The van der Waals surface area contributed by atoms with E-state index in [-0.39, 0.29) is 35.6 Å². The van der Waals surface area contributed by atoms with E-state index in [0.29, 0.717) is 60.2 Å². The van der Waals surface area contributed by atoms with E-state index in [1.54, 1.807) is 19.2 Å². The lowest BCUT2D eigenvalue weighted by Gasteiger charge is -2.31. The molecule has 0 aliphatic carbocycles. The quantitative estimate of drug-likeness (QED) is 0.378. The van der Waals surface area contributed by atoms with Gasteiger partial charge in [-0.2, -0.15) is 0 Å². The van der Waals surface area contributed by atoms with Crippen molar-refractivity contribution < 1.29 is 18.7 Å². The molecule has 1 fully saturated rings. The van der Waals surface area contributed by atoms with Gasteiger partial charge in [0.1, 0.15) is 22.3 Å². The molecule has 1 aromatic carbocycles. The summed E-state index contributed by atoms with van der Waals surface area (Å²) in [5, 5.41) is 2.46. The van der Waals surface area contributed by atoms with Crippen molar-refractivity contribution in [2.45, 2.75) is 33.1 Å². The van der Waals surface area contributed by atoms with Crippen molar-refractivity contribution in [3.05, 3.63) is 58.1 Å². The number of aryl methyl sites for hydroxylation is 1. The minimum atomic E-state index is -0.279. The molecule has 3 aromatic rings. The standard InChI is InChI=1S/C24H25FN4O3S/c1-3-32-24(31)16-6-8-29(9-7-16)22-13-26-19(12-27-22)21(30)11-23-28-20(14-33-23)17-5-4-15(2)18(25)10-17/h4-5,10,12-14,16H,3,6-9,11H2,1-2H3. The molecule has 33 heavy (non-hydrogen) atoms. The Kier molecular flexibility index (Phi) is 7.08. The molecular formula is C24H25FN4O3S. The van der Waals surface area contributed by atoms with Gasteiger partial charge in [-0.3, -0.25) is 9.59 Å². The highest BCUT2D eigenvalue weighted by atomic mass is 32.1. The van der Waals surface area contributed by atoms with Crippen LogP contribution in [-0.2, 0) is 16.0 Å². The maximum Gasteiger partial charge on any atom is 0.309 e. The largest absolute Gasteiger partial charge is 0.466 e. The Morgan fingerprint density at radius 1 is 1.21 bits per heavy atom. The molecule has 0 amide bonds. The number of ketones is 1. The monoisotopic (exact) mass is 468 g/mol. The van der Waals surface area contributed by atoms with Crippen molar-refractivity contribution in [2.75, 3.05) is 24.6 Å². The first-order valence-corrected chi connectivity index (χ1v) is 11.8.